The van der Waals surface area contributed by atoms with Crippen LogP contribution in [-0.2, 0) is 6.54 Å². The van der Waals surface area contributed by atoms with Gasteiger partial charge in [0.05, 0.1) is 5.56 Å². The number of aromatic carboxylic acids is 1. The van der Waals surface area contributed by atoms with E-state index in [9.17, 15) is 4.79 Å². The molecule has 0 atom stereocenters. The van der Waals surface area contributed by atoms with Crippen molar-refractivity contribution in [3.63, 3.8) is 0 Å². The molecular formula is C17H12Cl2N2O2. The van der Waals surface area contributed by atoms with Gasteiger partial charge in [0.15, 0.2) is 0 Å². The van der Waals surface area contributed by atoms with E-state index in [1.165, 1.54) is 0 Å². The van der Waals surface area contributed by atoms with E-state index in [4.69, 9.17) is 28.3 Å². The van der Waals surface area contributed by atoms with Crippen LogP contribution in [0.3, 0.4) is 0 Å². The van der Waals surface area contributed by atoms with Gasteiger partial charge in [0.2, 0.25) is 0 Å². The van der Waals surface area contributed by atoms with Crippen LogP contribution < -0.4 is 0 Å². The maximum absolute atomic E-state index is 10.9. The zero-order chi connectivity index (χ0) is 16.4. The van der Waals surface area contributed by atoms with Crippen molar-refractivity contribution in [3.05, 3.63) is 76.0 Å². The summed E-state index contributed by atoms with van der Waals surface area (Å²) >= 11 is 12.1. The lowest BCUT2D eigenvalue weighted by atomic mass is 10.1. The Hall–Kier alpha value is -2.30. The Bertz CT molecular complexity index is 837. The molecule has 0 unspecified atom stereocenters. The molecule has 0 saturated carbocycles. The molecular weight excluding hydrogens is 335 g/mol. The third-order valence-corrected chi connectivity index (χ3v) is 3.83. The van der Waals surface area contributed by atoms with Gasteiger partial charge < -0.3 is 9.67 Å². The summed E-state index contributed by atoms with van der Waals surface area (Å²) < 4.78 is 1.96. The second-order valence-electron chi connectivity index (χ2n) is 5.04. The summed E-state index contributed by atoms with van der Waals surface area (Å²) in [5.74, 6) is -0.190. The highest BCUT2D eigenvalue weighted by Crippen LogP contribution is 2.26. The predicted molar refractivity (Wildman–Crippen MR) is 90.2 cm³/mol. The van der Waals surface area contributed by atoms with Crippen molar-refractivity contribution in [2.24, 2.45) is 0 Å². The number of nitrogens with zero attached hydrogens (tertiary/aromatic N) is 2. The molecule has 0 aliphatic rings. The van der Waals surface area contributed by atoms with Crippen molar-refractivity contribution >= 4 is 29.2 Å². The standard InChI is InChI=1S/C17H12Cl2N2O2/c18-14-7-13(8-15(19)9-14)16-20-5-6-21(16)10-11-1-3-12(4-2-11)17(22)23/h1-9H,10H2,(H,22,23). The van der Waals surface area contributed by atoms with Gasteiger partial charge in [-0.25, -0.2) is 9.78 Å². The lowest BCUT2D eigenvalue weighted by molar-refractivity contribution is 0.0697. The lowest BCUT2D eigenvalue weighted by Gasteiger charge is -2.09. The van der Waals surface area contributed by atoms with E-state index < -0.39 is 5.97 Å². The molecule has 1 heterocycles. The largest absolute Gasteiger partial charge is 0.478 e. The van der Waals surface area contributed by atoms with Crippen molar-refractivity contribution in [1.82, 2.24) is 9.55 Å². The second-order valence-corrected chi connectivity index (χ2v) is 5.91. The van der Waals surface area contributed by atoms with E-state index >= 15 is 0 Å². The van der Waals surface area contributed by atoms with Gasteiger partial charge in [-0.05, 0) is 35.9 Å². The maximum atomic E-state index is 10.9. The van der Waals surface area contributed by atoms with E-state index in [0.29, 0.717) is 16.6 Å². The van der Waals surface area contributed by atoms with Crippen LogP contribution in [0.25, 0.3) is 11.4 Å². The first-order valence-electron chi connectivity index (χ1n) is 6.83. The Balaban J connectivity index is 1.90. The van der Waals surface area contributed by atoms with Gasteiger partial charge in [-0.15, -0.1) is 0 Å². The van der Waals surface area contributed by atoms with Crippen LogP contribution in [0.5, 0.6) is 0 Å². The molecule has 0 saturated heterocycles. The molecule has 0 spiro atoms. The first-order valence-corrected chi connectivity index (χ1v) is 7.58. The SMILES string of the molecule is O=C(O)c1ccc(Cn2ccnc2-c2cc(Cl)cc(Cl)c2)cc1. The van der Waals surface area contributed by atoms with Gasteiger partial charge in [-0.2, -0.15) is 0 Å². The molecule has 0 fully saturated rings. The van der Waals surface area contributed by atoms with Crippen molar-refractivity contribution in [1.29, 1.82) is 0 Å². The predicted octanol–water partition coefficient (Wildman–Crippen LogP) is 4.60. The Morgan fingerprint density at radius 3 is 2.35 bits per heavy atom. The summed E-state index contributed by atoms with van der Waals surface area (Å²) in [6.45, 7) is 0.569. The number of carboxylic acids is 1. The molecule has 3 rings (SSSR count). The minimum atomic E-state index is -0.937. The average Bonchev–Trinajstić information content (AvgIpc) is 2.95. The fourth-order valence-electron chi connectivity index (χ4n) is 2.33. The first-order chi connectivity index (χ1) is 11.0. The number of halogens is 2. The summed E-state index contributed by atoms with van der Waals surface area (Å²) in [4.78, 5) is 15.3. The van der Waals surface area contributed by atoms with Gasteiger partial charge >= 0.3 is 5.97 Å². The summed E-state index contributed by atoms with van der Waals surface area (Å²) in [6, 6.07) is 12.0. The van der Waals surface area contributed by atoms with E-state index in [2.05, 4.69) is 4.98 Å². The molecule has 23 heavy (non-hydrogen) atoms. The highest BCUT2D eigenvalue weighted by Gasteiger charge is 2.09. The third kappa shape index (κ3) is 3.55. The van der Waals surface area contributed by atoms with E-state index in [-0.39, 0.29) is 5.56 Å². The smallest absolute Gasteiger partial charge is 0.335 e. The minimum Gasteiger partial charge on any atom is -0.478 e. The zero-order valence-electron chi connectivity index (χ0n) is 11.9. The number of rotatable bonds is 4. The van der Waals surface area contributed by atoms with Crippen LogP contribution in [0.2, 0.25) is 10.0 Å². The molecule has 0 radical (unpaired) electrons. The van der Waals surface area contributed by atoms with Gasteiger partial charge in [-0.1, -0.05) is 35.3 Å². The molecule has 0 aliphatic carbocycles. The van der Waals surface area contributed by atoms with E-state index in [1.807, 2.05) is 10.8 Å². The number of hydrogen-bond acceptors (Lipinski definition) is 2. The maximum Gasteiger partial charge on any atom is 0.335 e. The van der Waals surface area contributed by atoms with Crippen LogP contribution in [0.4, 0.5) is 0 Å². The summed E-state index contributed by atoms with van der Waals surface area (Å²) in [7, 11) is 0. The molecule has 1 aromatic heterocycles. The summed E-state index contributed by atoms with van der Waals surface area (Å²) in [5, 5.41) is 10.0. The average molecular weight is 347 g/mol. The number of imidazole rings is 1. The lowest BCUT2D eigenvalue weighted by Crippen LogP contribution is -2.02. The fraction of sp³-hybridized carbons (Fsp3) is 0.0588. The number of hydrogen-bond donors (Lipinski definition) is 1. The van der Waals surface area contributed by atoms with Crippen LogP contribution in [0.15, 0.2) is 54.9 Å². The van der Waals surface area contributed by atoms with Crippen molar-refractivity contribution in [3.8, 4) is 11.4 Å². The molecule has 2 aromatic carbocycles. The zero-order valence-corrected chi connectivity index (χ0v) is 13.4. The Morgan fingerprint density at radius 1 is 1.09 bits per heavy atom. The molecule has 1 N–H and O–H groups in total. The Labute approximate surface area is 142 Å². The van der Waals surface area contributed by atoms with Crippen molar-refractivity contribution in [2.45, 2.75) is 6.54 Å². The van der Waals surface area contributed by atoms with Crippen molar-refractivity contribution < 1.29 is 9.90 Å². The van der Waals surface area contributed by atoms with E-state index in [0.717, 1.165) is 17.0 Å². The number of carbonyl (C=O) groups is 1. The summed E-state index contributed by atoms with van der Waals surface area (Å²) in [5.41, 5.74) is 2.07. The molecule has 6 heteroatoms. The van der Waals surface area contributed by atoms with Crippen LogP contribution in [-0.4, -0.2) is 20.6 Å². The molecule has 116 valence electrons. The minimum absolute atomic E-state index is 0.265. The van der Waals surface area contributed by atoms with E-state index in [1.54, 1.807) is 48.7 Å². The van der Waals surface area contributed by atoms with Crippen molar-refractivity contribution in [2.75, 3.05) is 0 Å². The van der Waals surface area contributed by atoms with Crippen LogP contribution in [0.1, 0.15) is 15.9 Å². The second kappa shape index (κ2) is 6.44. The van der Waals surface area contributed by atoms with Gasteiger partial charge in [0.25, 0.3) is 0 Å². The van der Waals surface area contributed by atoms with Gasteiger partial charge in [0, 0.05) is 34.5 Å². The monoisotopic (exact) mass is 346 g/mol. The quantitative estimate of drug-likeness (QED) is 0.750. The first kappa shape index (κ1) is 15.6. The van der Waals surface area contributed by atoms with Crippen LogP contribution >= 0.6 is 23.2 Å². The number of aromatic nitrogens is 2. The fourth-order valence-corrected chi connectivity index (χ4v) is 2.86. The highest BCUT2D eigenvalue weighted by molar-refractivity contribution is 6.35. The topological polar surface area (TPSA) is 55.1 Å². The molecule has 4 nitrogen and oxygen atoms in total. The van der Waals surface area contributed by atoms with Gasteiger partial charge in [-0.3, -0.25) is 0 Å². The van der Waals surface area contributed by atoms with Gasteiger partial charge in [0.1, 0.15) is 5.82 Å². The molecule has 0 bridgehead atoms. The molecule has 0 amide bonds. The normalized spacial score (nSPS) is 10.7. The number of carboxylic acid groups (broad SMARTS) is 1. The van der Waals surface area contributed by atoms with Crippen LogP contribution in [0, 0.1) is 0 Å². The molecule has 3 aromatic rings. The Morgan fingerprint density at radius 2 is 1.74 bits per heavy atom. The molecule has 0 aliphatic heterocycles. The number of benzene rings is 2. The summed E-state index contributed by atoms with van der Waals surface area (Å²) in [6.07, 6.45) is 3.56. The third-order valence-electron chi connectivity index (χ3n) is 3.39. The Kier molecular flexibility index (Phi) is 4.37. The highest BCUT2D eigenvalue weighted by atomic mass is 35.5.